The molecule has 0 bridgehead atoms. The molecule has 0 radical (unpaired) electrons. The van der Waals surface area contributed by atoms with Crippen molar-refractivity contribution in [3.8, 4) is 0 Å². The number of ether oxygens (including phenoxy) is 1. The summed E-state index contributed by atoms with van der Waals surface area (Å²) in [7, 11) is 6.37. The Hall–Kier alpha value is 0.480. The van der Waals surface area contributed by atoms with Crippen molar-refractivity contribution in [1.29, 1.82) is 0 Å². The molecular formula is C19H34INOS. The fraction of sp³-hybridized carbons (Fsp3) is 0.789. The number of hydrogen-bond acceptors (Lipinski definition) is 3. The number of alkyl halides is 2. The van der Waals surface area contributed by atoms with Crippen LogP contribution in [0.15, 0.2) is 22.1 Å². The molecule has 2 rings (SSSR count). The van der Waals surface area contributed by atoms with Crippen molar-refractivity contribution in [1.82, 2.24) is 4.90 Å². The van der Waals surface area contributed by atoms with E-state index in [0.717, 1.165) is 23.0 Å². The number of methoxy groups -OCH3 is 1. The van der Waals surface area contributed by atoms with Crippen LogP contribution >= 0.6 is 27.4 Å². The van der Waals surface area contributed by atoms with Gasteiger partial charge >= 0.3 is 154 Å². The normalized spacial score (nSPS) is 32.4. The summed E-state index contributed by atoms with van der Waals surface area (Å²) in [6.45, 7) is 14.0. The summed E-state index contributed by atoms with van der Waals surface area (Å²) < 4.78 is 7.78. The van der Waals surface area contributed by atoms with Gasteiger partial charge in [-0.05, 0) is 0 Å². The number of allylic oxidation sites excluding steroid dienone is 2. The summed E-state index contributed by atoms with van der Waals surface area (Å²) in [5, 5.41) is 0. The third-order valence-electron chi connectivity index (χ3n) is 5.65. The standard InChI is InChI=1S/C19H34INOS/c1-8-14(2)18-15(3)20(23-16(18)4)12-17-10-9-11-21(6)19(17,5)13-22-7/h10,14-15H,8-9,11-13H2,1-7H3/t14-,15-,19?/m0/s1. The monoisotopic (exact) mass is 451 g/mol. The molecule has 1 unspecified atom stereocenters. The Morgan fingerprint density at radius 3 is 2.83 bits per heavy atom. The van der Waals surface area contributed by atoms with Gasteiger partial charge in [-0.25, -0.2) is 0 Å². The Morgan fingerprint density at radius 1 is 1.52 bits per heavy atom. The van der Waals surface area contributed by atoms with Gasteiger partial charge in [-0.2, -0.15) is 0 Å². The van der Waals surface area contributed by atoms with Gasteiger partial charge < -0.3 is 0 Å². The molecule has 0 saturated carbocycles. The fourth-order valence-electron chi connectivity index (χ4n) is 3.74. The van der Waals surface area contributed by atoms with Crippen molar-refractivity contribution in [3.05, 3.63) is 22.1 Å². The van der Waals surface area contributed by atoms with Gasteiger partial charge in [0, 0.05) is 0 Å². The summed E-state index contributed by atoms with van der Waals surface area (Å²) in [5.41, 5.74) is 3.52. The molecule has 4 heteroatoms. The summed E-state index contributed by atoms with van der Waals surface area (Å²) in [5.74, 6) is 0.758. The Bertz CT molecular complexity index is 490. The molecule has 2 aliphatic heterocycles. The van der Waals surface area contributed by atoms with E-state index in [1.54, 1.807) is 16.1 Å². The Morgan fingerprint density at radius 2 is 2.22 bits per heavy atom. The molecule has 0 aromatic heterocycles. The van der Waals surface area contributed by atoms with Crippen LogP contribution in [0.3, 0.4) is 0 Å². The minimum absolute atomic E-state index is 0.0950. The van der Waals surface area contributed by atoms with E-state index in [1.807, 2.05) is 7.11 Å². The van der Waals surface area contributed by atoms with E-state index in [9.17, 15) is 0 Å². The molecule has 2 nitrogen and oxygen atoms in total. The second kappa shape index (κ2) is 8.24. The van der Waals surface area contributed by atoms with Crippen LogP contribution < -0.4 is 0 Å². The van der Waals surface area contributed by atoms with Gasteiger partial charge in [0.15, 0.2) is 0 Å². The molecule has 0 aliphatic carbocycles. The first-order valence-electron chi connectivity index (χ1n) is 8.78. The minimum atomic E-state index is -1.08. The molecule has 0 amide bonds. The molecule has 3 atom stereocenters. The maximum absolute atomic E-state index is 5.59. The topological polar surface area (TPSA) is 12.5 Å². The first-order valence-corrected chi connectivity index (χ1v) is 14.9. The quantitative estimate of drug-likeness (QED) is 0.299. The van der Waals surface area contributed by atoms with Crippen LogP contribution in [-0.4, -0.2) is 46.1 Å². The van der Waals surface area contributed by atoms with E-state index in [2.05, 4.69) is 61.6 Å². The Kier molecular flexibility index (Phi) is 7.09. The molecule has 0 aromatic rings. The number of rotatable bonds is 6. The molecule has 134 valence electrons. The van der Waals surface area contributed by atoms with E-state index in [-0.39, 0.29) is 5.54 Å². The van der Waals surface area contributed by atoms with E-state index >= 15 is 0 Å². The zero-order chi connectivity index (χ0) is 17.2. The van der Waals surface area contributed by atoms with Gasteiger partial charge in [0.25, 0.3) is 0 Å². The zero-order valence-corrected chi connectivity index (χ0v) is 18.9. The number of likely N-dealkylation sites (N-methyl/N-ethyl adjacent to an activating group) is 1. The second-order valence-electron chi connectivity index (χ2n) is 7.15. The predicted molar refractivity (Wildman–Crippen MR) is 114 cm³/mol. The van der Waals surface area contributed by atoms with Crippen molar-refractivity contribution in [2.75, 3.05) is 31.7 Å². The fourth-order valence-corrected chi connectivity index (χ4v) is 15.7. The number of halogens is 1. The van der Waals surface area contributed by atoms with Crippen molar-refractivity contribution >= 4 is 27.4 Å². The average molecular weight is 451 g/mol. The van der Waals surface area contributed by atoms with Crippen LogP contribution in [0.2, 0.25) is 0 Å². The van der Waals surface area contributed by atoms with Crippen LogP contribution in [0.4, 0.5) is 0 Å². The van der Waals surface area contributed by atoms with Crippen molar-refractivity contribution in [2.24, 2.45) is 5.92 Å². The molecule has 23 heavy (non-hydrogen) atoms. The van der Waals surface area contributed by atoms with Crippen LogP contribution in [0.5, 0.6) is 0 Å². The molecule has 0 fully saturated rings. The molecule has 2 heterocycles. The van der Waals surface area contributed by atoms with E-state index in [1.165, 1.54) is 17.3 Å². The Labute approximate surface area is 153 Å². The average Bonchev–Trinajstić information content (AvgIpc) is 2.78. The van der Waals surface area contributed by atoms with Crippen molar-refractivity contribution in [3.63, 3.8) is 0 Å². The first kappa shape index (κ1) is 19.8. The van der Waals surface area contributed by atoms with Crippen molar-refractivity contribution in [2.45, 2.75) is 56.9 Å². The van der Waals surface area contributed by atoms with Crippen LogP contribution in [0.25, 0.3) is 0 Å². The van der Waals surface area contributed by atoms with E-state index in [0.29, 0.717) is 0 Å². The number of nitrogens with zero attached hydrogens (tertiary/aromatic N) is 1. The molecular weight excluding hydrogens is 417 g/mol. The molecule has 0 aromatic carbocycles. The SMILES string of the molecule is CC[C@H](C)C1=C(C)SI(CC2=CCCN(C)C2(C)COC)[C@H]1C. The molecule has 0 N–H and O–H groups in total. The van der Waals surface area contributed by atoms with Gasteiger partial charge in [-0.1, -0.05) is 0 Å². The van der Waals surface area contributed by atoms with Gasteiger partial charge in [-0.15, -0.1) is 0 Å². The van der Waals surface area contributed by atoms with Gasteiger partial charge in [0.05, 0.1) is 0 Å². The maximum atomic E-state index is 5.59. The van der Waals surface area contributed by atoms with Crippen LogP contribution in [0, 0.1) is 5.92 Å². The van der Waals surface area contributed by atoms with Crippen LogP contribution in [0.1, 0.15) is 47.5 Å². The first-order chi connectivity index (χ1) is 10.8. The third kappa shape index (κ3) is 4.01. The summed E-state index contributed by atoms with van der Waals surface area (Å²) >= 11 is -1.08. The van der Waals surface area contributed by atoms with Gasteiger partial charge in [0.2, 0.25) is 0 Å². The molecule has 0 saturated heterocycles. The van der Waals surface area contributed by atoms with Gasteiger partial charge in [0.1, 0.15) is 0 Å². The second-order valence-corrected chi connectivity index (χ2v) is 16.5. The summed E-state index contributed by atoms with van der Waals surface area (Å²) in [6, 6.07) is 0. The number of hydrogen-bond donors (Lipinski definition) is 0. The van der Waals surface area contributed by atoms with E-state index in [4.69, 9.17) is 4.74 Å². The summed E-state index contributed by atoms with van der Waals surface area (Å²) in [6.07, 6.45) is 4.99. The van der Waals surface area contributed by atoms with Crippen molar-refractivity contribution < 1.29 is 4.74 Å². The molecule has 2 aliphatic rings. The summed E-state index contributed by atoms with van der Waals surface area (Å²) in [4.78, 5) is 4.15. The zero-order valence-electron chi connectivity index (χ0n) is 15.9. The van der Waals surface area contributed by atoms with E-state index < -0.39 is 18.4 Å². The van der Waals surface area contributed by atoms with Crippen LogP contribution in [-0.2, 0) is 4.74 Å². The van der Waals surface area contributed by atoms with Gasteiger partial charge in [-0.3, -0.25) is 0 Å². The molecule has 0 spiro atoms. The third-order valence-corrected chi connectivity index (χ3v) is 16.8. The Balaban J connectivity index is 2.15. The predicted octanol–water partition coefficient (Wildman–Crippen LogP) is 5.53.